The van der Waals surface area contributed by atoms with Gasteiger partial charge in [-0.05, 0) is 25.1 Å². The molecule has 0 saturated carbocycles. The number of nitrogens with one attached hydrogen (secondary N) is 1. The SMILES string of the molecule is COCC(C)NC(=O)c1cnc2c(c1)ncn2-c1ccccc1. The van der Waals surface area contributed by atoms with E-state index in [4.69, 9.17) is 4.74 Å². The summed E-state index contributed by atoms with van der Waals surface area (Å²) in [6.07, 6.45) is 3.28. The molecule has 1 aromatic carbocycles. The second-order valence-corrected chi connectivity index (χ2v) is 5.35. The normalized spacial score (nSPS) is 12.3. The first-order chi connectivity index (χ1) is 11.2. The minimum absolute atomic E-state index is 0.0647. The van der Waals surface area contributed by atoms with Crippen LogP contribution in [0.4, 0.5) is 0 Å². The third-order valence-corrected chi connectivity index (χ3v) is 3.48. The highest BCUT2D eigenvalue weighted by Crippen LogP contribution is 2.17. The molecule has 2 aromatic heterocycles. The molecule has 0 fully saturated rings. The van der Waals surface area contributed by atoms with E-state index < -0.39 is 0 Å². The van der Waals surface area contributed by atoms with Crippen molar-refractivity contribution in [2.24, 2.45) is 0 Å². The Kier molecular flexibility index (Phi) is 4.34. The van der Waals surface area contributed by atoms with Gasteiger partial charge in [-0.1, -0.05) is 18.2 Å². The molecule has 0 aliphatic heterocycles. The fourth-order valence-corrected chi connectivity index (χ4v) is 2.40. The van der Waals surface area contributed by atoms with Gasteiger partial charge in [-0.15, -0.1) is 0 Å². The van der Waals surface area contributed by atoms with Crippen molar-refractivity contribution < 1.29 is 9.53 Å². The average Bonchev–Trinajstić information content (AvgIpc) is 2.99. The highest BCUT2D eigenvalue weighted by Gasteiger charge is 2.13. The van der Waals surface area contributed by atoms with Crippen LogP contribution >= 0.6 is 0 Å². The average molecular weight is 310 g/mol. The quantitative estimate of drug-likeness (QED) is 0.784. The Bertz CT molecular complexity index is 814. The van der Waals surface area contributed by atoms with Gasteiger partial charge in [0.2, 0.25) is 0 Å². The maximum absolute atomic E-state index is 12.2. The van der Waals surface area contributed by atoms with Gasteiger partial charge in [0, 0.05) is 25.0 Å². The van der Waals surface area contributed by atoms with Crippen molar-refractivity contribution in [3.05, 3.63) is 54.5 Å². The van der Waals surface area contributed by atoms with Crippen LogP contribution in [0.3, 0.4) is 0 Å². The van der Waals surface area contributed by atoms with Crippen LogP contribution in [0.25, 0.3) is 16.9 Å². The number of aromatic nitrogens is 3. The summed E-state index contributed by atoms with van der Waals surface area (Å²) in [6, 6.07) is 11.5. The zero-order valence-corrected chi connectivity index (χ0v) is 13.1. The molecule has 0 saturated heterocycles. The number of ether oxygens (including phenoxy) is 1. The summed E-state index contributed by atoms with van der Waals surface area (Å²) in [7, 11) is 1.60. The Morgan fingerprint density at radius 2 is 2.09 bits per heavy atom. The van der Waals surface area contributed by atoms with Gasteiger partial charge in [-0.3, -0.25) is 9.36 Å². The first kappa shape index (κ1) is 15.2. The molecule has 3 rings (SSSR count). The third-order valence-electron chi connectivity index (χ3n) is 3.48. The number of para-hydroxylation sites is 1. The largest absolute Gasteiger partial charge is 0.383 e. The maximum atomic E-state index is 12.2. The van der Waals surface area contributed by atoms with Crippen molar-refractivity contribution in [3.8, 4) is 5.69 Å². The molecule has 0 bridgehead atoms. The number of fused-ring (bicyclic) bond motifs is 1. The van der Waals surface area contributed by atoms with Crippen LogP contribution in [0, 0.1) is 0 Å². The van der Waals surface area contributed by atoms with E-state index in [-0.39, 0.29) is 11.9 Å². The summed E-state index contributed by atoms with van der Waals surface area (Å²) < 4.78 is 6.91. The molecule has 118 valence electrons. The van der Waals surface area contributed by atoms with Gasteiger partial charge in [0.1, 0.15) is 11.8 Å². The Balaban J connectivity index is 1.88. The van der Waals surface area contributed by atoms with E-state index in [0.29, 0.717) is 17.7 Å². The lowest BCUT2D eigenvalue weighted by Crippen LogP contribution is -2.35. The molecule has 3 aromatic rings. The number of carbonyl (C=O) groups is 1. The van der Waals surface area contributed by atoms with E-state index in [2.05, 4.69) is 15.3 Å². The van der Waals surface area contributed by atoms with Gasteiger partial charge in [0.05, 0.1) is 12.2 Å². The number of nitrogens with zero attached hydrogens (tertiary/aromatic N) is 3. The van der Waals surface area contributed by atoms with Crippen LogP contribution in [0.2, 0.25) is 0 Å². The molecule has 0 spiro atoms. The number of amides is 1. The van der Waals surface area contributed by atoms with E-state index in [1.807, 2.05) is 41.8 Å². The van der Waals surface area contributed by atoms with Crippen LogP contribution in [-0.2, 0) is 4.74 Å². The highest BCUT2D eigenvalue weighted by atomic mass is 16.5. The lowest BCUT2D eigenvalue weighted by Gasteiger charge is -2.12. The predicted octanol–water partition coefficient (Wildman–Crippen LogP) is 2.19. The Morgan fingerprint density at radius 1 is 1.30 bits per heavy atom. The number of methoxy groups -OCH3 is 1. The minimum Gasteiger partial charge on any atom is -0.383 e. The topological polar surface area (TPSA) is 69.0 Å². The van der Waals surface area contributed by atoms with Crippen molar-refractivity contribution in [3.63, 3.8) is 0 Å². The van der Waals surface area contributed by atoms with E-state index >= 15 is 0 Å². The van der Waals surface area contributed by atoms with Crippen molar-refractivity contribution in [2.45, 2.75) is 13.0 Å². The van der Waals surface area contributed by atoms with Crippen LogP contribution in [-0.4, -0.2) is 40.2 Å². The van der Waals surface area contributed by atoms with Gasteiger partial charge in [-0.2, -0.15) is 0 Å². The summed E-state index contributed by atoms with van der Waals surface area (Å²) in [4.78, 5) is 21.0. The number of pyridine rings is 1. The second-order valence-electron chi connectivity index (χ2n) is 5.35. The van der Waals surface area contributed by atoms with E-state index in [0.717, 1.165) is 11.3 Å². The molecule has 2 heterocycles. The highest BCUT2D eigenvalue weighted by molar-refractivity contribution is 5.96. The van der Waals surface area contributed by atoms with Gasteiger partial charge in [-0.25, -0.2) is 9.97 Å². The molecular formula is C17H18N4O2. The van der Waals surface area contributed by atoms with Gasteiger partial charge in [0.15, 0.2) is 5.65 Å². The van der Waals surface area contributed by atoms with Crippen molar-refractivity contribution in [1.82, 2.24) is 19.9 Å². The van der Waals surface area contributed by atoms with E-state index in [9.17, 15) is 4.79 Å². The van der Waals surface area contributed by atoms with Crippen LogP contribution in [0.1, 0.15) is 17.3 Å². The molecule has 0 aliphatic rings. The van der Waals surface area contributed by atoms with E-state index in [1.54, 1.807) is 25.7 Å². The fraction of sp³-hybridized carbons (Fsp3) is 0.235. The summed E-state index contributed by atoms with van der Waals surface area (Å²) in [5.41, 5.74) is 2.87. The molecule has 1 N–H and O–H groups in total. The lowest BCUT2D eigenvalue weighted by molar-refractivity contribution is 0.0905. The Hall–Kier alpha value is -2.73. The molecular weight excluding hydrogens is 292 g/mol. The van der Waals surface area contributed by atoms with Crippen molar-refractivity contribution in [2.75, 3.05) is 13.7 Å². The molecule has 1 amide bonds. The maximum Gasteiger partial charge on any atom is 0.253 e. The molecule has 23 heavy (non-hydrogen) atoms. The first-order valence-electron chi connectivity index (χ1n) is 7.37. The number of rotatable bonds is 5. The van der Waals surface area contributed by atoms with Crippen molar-refractivity contribution >= 4 is 17.1 Å². The van der Waals surface area contributed by atoms with E-state index in [1.165, 1.54) is 0 Å². The van der Waals surface area contributed by atoms with Gasteiger partial charge in [0.25, 0.3) is 5.91 Å². The minimum atomic E-state index is -0.182. The fourth-order valence-electron chi connectivity index (χ4n) is 2.40. The molecule has 1 atom stereocenters. The number of imidazole rings is 1. The third kappa shape index (κ3) is 3.22. The van der Waals surface area contributed by atoms with Gasteiger partial charge >= 0.3 is 0 Å². The summed E-state index contributed by atoms with van der Waals surface area (Å²) in [6.45, 7) is 2.35. The zero-order chi connectivity index (χ0) is 16.2. The Labute approximate surface area is 134 Å². The smallest absolute Gasteiger partial charge is 0.253 e. The monoisotopic (exact) mass is 310 g/mol. The first-order valence-corrected chi connectivity index (χ1v) is 7.37. The second kappa shape index (κ2) is 6.58. The zero-order valence-electron chi connectivity index (χ0n) is 13.1. The summed E-state index contributed by atoms with van der Waals surface area (Å²) in [5, 5.41) is 2.86. The number of benzene rings is 1. The van der Waals surface area contributed by atoms with Crippen LogP contribution in [0.15, 0.2) is 48.9 Å². The lowest BCUT2D eigenvalue weighted by atomic mass is 10.2. The van der Waals surface area contributed by atoms with Gasteiger partial charge < -0.3 is 10.1 Å². The standard InChI is InChI=1S/C17H18N4O2/c1-12(10-23-2)20-17(22)13-8-15-16(18-9-13)21(11-19-15)14-6-4-3-5-7-14/h3-9,11-12H,10H2,1-2H3,(H,20,22). The number of hydrogen-bond acceptors (Lipinski definition) is 4. The number of hydrogen-bond donors (Lipinski definition) is 1. The van der Waals surface area contributed by atoms with Crippen LogP contribution in [0.5, 0.6) is 0 Å². The van der Waals surface area contributed by atoms with Crippen molar-refractivity contribution in [1.29, 1.82) is 0 Å². The summed E-state index contributed by atoms with van der Waals surface area (Å²) in [5.74, 6) is -0.182. The number of carbonyl (C=O) groups excluding carboxylic acids is 1. The summed E-state index contributed by atoms with van der Waals surface area (Å²) >= 11 is 0. The Morgan fingerprint density at radius 3 is 2.83 bits per heavy atom. The van der Waals surface area contributed by atoms with Crippen LogP contribution < -0.4 is 5.32 Å². The molecule has 0 radical (unpaired) electrons. The molecule has 1 unspecified atom stereocenters. The molecule has 6 heteroatoms. The predicted molar refractivity (Wildman–Crippen MR) is 87.7 cm³/mol. The molecule has 0 aliphatic carbocycles. The molecule has 6 nitrogen and oxygen atoms in total.